The van der Waals surface area contributed by atoms with Gasteiger partial charge in [0.2, 0.25) is 10.0 Å². The summed E-state index contributed by atoms with van der Waals surface area (Å²) < 4.78 is 25.8. The van der Waals surface area contributed by atoms with Crippen LogP contribution in [0.5, 0.6) is 5.75 Å². The standard InChI is InChI=1S/C19H23N3O4S/c1-14-8-9-16(12-17(14)22-10-5-11-27(22,25)26)20-19(24)21(2)13-15-6-3-4-7-18(15)23/h3-4,6-9,12,23H,5,10-11,13H2,1-2H3,(H,20,24). The first-order valence-corrected chi connectivity index (χ1v) is 10.3. The Morgan fingerprint density at radius 3 is 2.67 bits per heavy atom. The van der Waals surface area contributed by atoms with Crippen LogP contribution in [0.3, 0.4) is 0 Å². The summed E-state index contributed by atoms with van der Waals surface area (Å²) in [6.45, 7) is 2.55. The average Bonchev–Trinajstić information content (AvgIpc) is 2.97. The first-order chi connectivity index (χ1) is 12.8. The van der Waals surface area contributed by atoms with Crippen LogP contribution < -0.4 is 9.62 Å². The van der Waals surface area contributed by atoms with E-state index in [1.165, 1.54) is 9.21 Å². The summed E-state index contributed by atoms with van der Waals surface area (Å²) >= 11 is 0. The number of hydrogen-bond acceptors (Lipinski definition) is 4. The number of phenolic OH excluding ortho intramolecular Hbond substituents is 1. The van der Waals surface area contributed by atoms with Crippen molar-refractivity contribution in [3.05, 3.63) is 53.6 Å². The highest BCUT2D eigenvalue weighted by molar-refractivity contribution is 7.93. The number of nitrogens with zero attached hydrogens (tertiary/aromatic N) is 2. The Kier molecular flexibility index (Phi) is 5.27. The normalized spacial score (nSPS) is 15.6. The molecule has 1 heterocycles. The number of carbonyl (C=O) groups is 1. The van der Waals surface area contributed by atoms with Crippen molar-refractivity contribution >= 4 is 27.4 Å². The van der Waals surface area contributed by atoms with Gasteiger partial charge in [0.1, 0.15) is 5.75 Å². The van der Waals surface area contributed by atoms with Crippen LogP contribution in [-0.4, -0.2) is 43.8 Å². The lowest BCUT2D eigenvalue weighted by Crippen LogP contribution is -2.31. The monoisotopic (exact) mass is 389 g/mol. The van der Waals surface area contributed by atoms with Gasteiger partial charge in [-0.25, -0.2) is 13.2 Å². The highest BCUT2D eigenvalue weighted by atomic mass is 32.2. The predicted molar refractivity (Wildman–Crippen MR) is 106 cm³/mol. The second-order valence-corrected chi connectivity index (χ2v) is 8.67. The Balaban J connectivity index is 1.75. The van der Waals surface area contributed by atoms with Crippen molar-refractivity contribution < 1.29 is 18.3 Å². The zero-order valence-electron chi connectivity index (χ0n) is 15.3. The molecule has 27 heavy (non-hydrogen) atoms. The van der Waals surface area contributed by atoms with E-state index in [1.807, 2.05) is 6.92 Å². The van der Waals surface area contributed by atoms with Gasteiger partial charge in [0.25, 0.3) is 0 Å². The lowest BCUT2D eigenvalue weighted by Gasteiger charge is -2.22. The molecule has 144 valence electrons. The van der Waals surface area contributed by atoms with Gasteiger partial charge in [0, 0.05) is 24.8 Å². The molecule has 2 N–H and O–H groups in total. The first-order valence-electron chi connectivity index (χ1n) is 8.68. The van der Waals surface area contributed by atoms with Crippen LogP contribution in [0, 0.1) is 6.92 Å². The van der Waals surface area contributed by atoms with Gasteiger partial charge in [-0.05, 0) is 37.1 Å². The van der Waals surface area contributed by atoms with Gasteiger partial charge in [0.15, 0.2) is 0 Å². The Labute approximate surface area is 159 Å². The van der Waals surface area contributed by atoms with Crippen molar-refractivity contribution in [1.29, 1.82) is 0 Å². The zero-order chi connectivity index (χ0) is 19.6. The number of aromatic hydroxyl groups is 1. The van der Waals surface area contributed by atoms with Crippen molar-refractivity contribution in [3.63, 3.8) is 0 Å². The van der Waals surface area contributed by atoms with E-state index in [9.17, 15) is 18.3 Å². The molecule has 1 saturated heterocycles. The topological polar surface area (TPSA) is 90.0 Å². The average molecular weight is 389 g/mol. The number of hydrogen-bond donors (Lipinski definition) is 2. The number of benzene rings is 2. The van der Waals surface area contributed by atoms with E-state index in [4.69, 9.17) is 0 Å². The number of carbonyl (C=O) groups excluding carboxylic acids is 1. The maximum atomic E-state index is 12.5. The van der Waals surface area contributed by atoms with Gasteiger partial charge in [-0.2, -0.15) is 0 Å². The smallest absolute Gasteiger partial charge is 0.321 e. The summed E-state index contributed by atoms with van der Waals surface area (Å²) in [5.41, 5.74) is 2.59. The first kappa shape index (κ1) is 19.0. The second-order valence-electron chi connectivity index (χ2n) is 6.66. The van der Waals surface area contributed by atoms with Crippen LogP contribution >= 0.6 is 0 Å². The van der Waals surface area contributed by atoms with E-state index in [0.29, 0.717) is 29.9 Å². The van der Waals surface area contributed by atoms with E-state index in [1.54, 1.807) is 49.5 Å². The van der Waals surface area contributed by atoms with Gasteiger partial charge in [-0.1, -0.05) is 24.3 Å². The van der Waals surface area contributed by atoms with E-state index in [0.717, 1.165) is 5.56 Å². The van der Waals surface area contributed by atoms with E-state index in [-0.39, 0.29) is 24.1 Å². The minimum atomic E-state index is -3.29. The molecule has 2 aromatic rings. The zero-order valence-corrected chi connectivity index (χ0v) is 16.2. The lowest BCUT2D eigenvalue weighted by atomic mass is 10.1. The van der Waals surface area contributed by atoms with Crippen LogP contribution in [-0.2, 0) is 16.6 Å². The van der Waals surface area contributed by atoms with Gasteiger partial charge >= 0.3 is 6.03 Å². The molecule has 1 aliphatic heterocycles. The molecule has 1 aliphatic rings. The SMILES string of the molecule is Cc1ccc(NC(=O)N(C)Cc2ccccc2O)cc1N1CCCS1(=O)=O. The predicted octanol–water partition coefficient (Wildman–Crippen LogP) is 2.90. The molecule has 7 nitrogen and oxygen atoms in total. The molecule has 0 radical (unpaired) electrons. The highest BCUT2D eigenvalue weighted by Crippen LogP contribution is 2.30. The highest BCUT2D eigenvalue weighted by Gasteiger charge is 2.29. The summed E-state index contributed by atoms with van der Waals surface area (Å²) in [6, 6.07) is 11.7. The summed E-state index contributed by atoms with van der Waals surface area (Å²) in [5, 5.41) is 12.6. The third kappa shape index (κ3) is 4.16. The number of nitrogens with one attached hydrogen (secondary N) is 1. The molecule has 2 aromatic carbocycles. The molecule has 0 saturated carbocycles. The Morgan fingerprint density at radius 2 is 2.00 bits per heavy atom. The van der Waals surface area contributed by atoms with Crippen LogP contribution in [0.1, 0.15) is 17.5 Å². The van der Waals surface area contributed by atoms with Crippen molar-refractivity contribution in [2.75, 3.05) is 29.0 Å². The summed E-state index contributed by atoms with van der Waals surface area (Å²) in [7, 11) is -1.66. The fourth-order valence-electron chi connectivity index (χ4n) is 3.06. The van der Waals surface area contributed by atoms with Crippen LogP contribution in [0.4, 0.5) is 16.2 Å². The third-order valence-corrected chi connectivity index (χ3v) is 6.43. The fraction of sp³-hybridized carbons (Fsp3) is 0.316. The second kappa shape index (κ2) is 7.48. The summed E-state index contributed by atoms with van der Waals surface area (Å²) in [6.07, 6.45) is 0.599. The van der Waals surface area contributed by atoms with Crippen LogP contribution in [0.2, 0.25) is 0 Å². The number of amides is 2. The maximum absolute atomic E-state index is 12.5. The number of rotatable bonds is 4. The molecule has 8 heteroatoms. The molecule has 1 fully saturated rings. The third-order valence-electron chi connectivity index (χ3n) is 4.57. The number of urea groups is 1. The van der Waals surface area contributed by atoms with E-state index < -0.39 is 10.0 Å². The van der Waals surface area contributed by atoms with Crippen molar-refractivity contribution in [1.82, 2.24) is 4.90 Å². The molecule has 2 amide bonds. The van der Waals surface area contributed by atoms with E-state index in [2.05, 4.69) is 5.32 Å². The van der Waals surface area contributed by atoms with Crippen molar-refractivity contribution in [2.24, 2.45) is 0 Å². The molecule has 0 aromatic heterocycles. The minimum Gasteiger partial charge on any atom is -0.508 e. The molecule has 3 rings (SSSR count). The molecular weight excluding hydrogens is 366 g/mol. The molecule has 0 atom stereocenters. The molecular formula is C19H23N3O4S. The molecule has 0 bridgehead atoms. The Bertz CT molecular complexity index is 959. The summed E-state index contributed by atoms with van der Waals surface area (Å²) in [4.78, 5) is 13.9. The van der Waals surface area contributed by atoms with Gasteiger partial charge in [-0.15, -0.1) is 0 Å². The molecule has 0 unspecified atom stereocenters. The Hall–Kier alpha value is -2.74. The number of sulfonamides is 1. The quantitative estimate of drug-likeness (QED) is 0.841. The van der Waals surface area contributed by atoms with Crippen molar-refractivity contribution in [2.45, 2.75) is 19.9 Å². The number of aryl methyl sites for hydroxylation is 1. The van der Waals surface area contributed by atoms with E-state index >= 15 is 0 Å². The van der Waals surface area contributed by atoms with Gasteiger partial charge in [-0.3, -0.25) is 4.31 Å². The van der Waals surface area contributed by atoms with Crippen LogP contribution in [0.25, 0.3) is 0 Å². The molecule has 0 aliphatic carbocycles. The fourth-order valence-corrected chi connectivity index (χ4v) is 4.67. The van der Waals surface area contributed by atoms with Crippen molar-refractivity contribution in [3.8, 4) is 5.75 Å². The number of phenols is 1. The van der Waals surface area contributed by atoms with Gasteiger partial charge < -0.3 is 15.3 Å². The number of anilines is 2. The maximum Gasteiger partial charge on any atom is 0.321 e. The largest absolute Gasteiger partial charge is 0.508 e. The minimum absolute atomic E-state index is 0.133. The lowest BCUT2D eigenvalue weighted by molar-refractivity contribution is 0.220. The summed E-state index contributed by atoms with van der Waals surface area (Å²) in [5.74, 6) is 0.279. The molecule has 0 spiro atoms. The number of para-hydroxylation sites is 1. The van der Waals surface area contributed by atoms with Crippen LogP contribution in [0.15, 0.2) is 42.5 Å². The Morgan fingerprint density at radius 1 is 1.26 bits per heavy atom. The van der Waals surface area contributed by atoms with Gasteiger partial charge in [0.05, 0.1) is 18.0 Å².